The van der Waals surface area contributed by atoms with Crippen molar-refractivity contribution in [3.05, 3.63) is 116 Å². The molecule has 0 radical (unpaired) electrons. The van der Waals surface area contributed by atoms with Gasteiger partial charge in [0.05, 0.1) is 28.0 Å². The molecule has 0 amide bonds. The maximum absolute atomic E-state index is 13.8. The second-order valence-electron chi connectivity index (χ2n) is 9.33. The summed E-state index contributed by atoms with van der Waals surface area (Å²) in [5.74, 6) is 0.284. The van der Waals surface area contributed by atoms with Crippen LogP contribution in [0.4, 0.5) is 4.39 Å². The largest absolute Gasteiger partial charge is 0.477 e. The van der Waals surface area contributed by atoms with Gasteiger partial charge in [0.1, 0.15) is 11.6 Å². The minimum atomic E-state index is -0.668. The van der Waals surface area contributed by atoms with Crippen LogP contribution >= 0.6 is 0 Å². The van der Waals surface area contributed by atoms with Crippen molar-refractivity contribution in [3.63, 3.8) is 0 Å². The number of aromatic nitrogens is 3. The highest BCUT2D eigenvalue weighted by molar-refractivity contribution is 5.98. The quantitative estimate of drug-likeness (QED) is 0.359. The van der Waals surface area contributed by atoms with Gasteiger partial charge in [0.25, 0.3) is 5.56 Å². The van der Waals surface area contributed by atoms with Crippen LogP contribution < -0.4 is 16.0 Å². The first-order chi connectivity index (χ1) is 17.3. The molecule has 3 heterocycles. The van der Waals surface area contributed by atoms with Crippen molar-refractivity contribution in [2.45, 2.75) is 20.0 Å². The second-order valence-corrected chi connectivity index (χ2v) is 9.33. The summed E-state index contributed by atoms with van der Waals surface area (Å²) in [4.78, 5) is 26.9. The van der Waals surface area contributed by atoms with Gasteiger partial charge in [0, 0.05) is 19.7 Å². The van der Waals surface area contributed by atoms with E-state index in [2.05, 4.69) is 0 Å². The van der Waals surface area contributed by atoms with Crippen molar-refractivity contribution in [2.75, 3.05) is 0 Å². The fourth-order valence-corrected chi connectivity index (χ4v) is 5.23. The first-order valence-corrected chi connectivity index (χ1v) is 11.7. The van der Waals surface area contributed by atoms with Gasteiger partial charge in [-0.2, -0.15) is 0 Å². The molecule has 6 rings (SSSR count). The Morgan fingerprint density at radius 1 is 0.889 bits per heavy atom. The van der Waals surface area contributed by atoms with Crippen molar-refractivity contribution in [1.29, 1.82) is 0 Å². The van der Waals surface area contributed by atoms with E-state index in [4.69, 9.17) is 4.74 Å². The third kappa shape index (κ3) is 3.02. The average Bonchev–Trinajstić information content (AvgIpc) is 3.23. The maximum Gasteiger partial charge on any atom is 0.331 e. The maximum atomic E-state index is 13.8. The van der Waals surface area contributed by atoms with Crippen LogP contribution in [0.1, 0.15) is 28.5 Å². The van der Waals surface area contributed by atoms with E-state index in [9.17, 15) is 14.0 Å². The molecule has 0 bridgehead atoms. The summed E-state index contributed by atoms with van der Waals surface area (Å²) < 4.78 is 25.1. The summed E-state index contributed by atoms with van der Waals surface area (Å²) in [5.41, 5.74) is 5.47. The Kier molecular flexibility index (Phi) is 4.80. The van der Waals surface area contributed by atoms with E-state index < -0.39 is 11.8 Å². The molecule has 1 aliphatic heterocycles. The second kappa shape index (κ2) is 7.81. The first kappa shape index (κ1) is 22.1. The molecule has 36 heavy (non-hydrogen) atoms. The van der Waals surface area contributed by atoms with Crippen molar-refractivity contribution in [1.82, 2.24) is 13.7 Å². The Balaban J connectivity index is 1.88. The highest BCUT2D eigenvalue weighted by Gasteiger charge is 2.36. The Labute approximate surface area is 206 Å². The fraction of sp³-hybridized carbons (Fsp3) is 0.172. The van der Waals surface area contributed by atoms with E-state index in [-0.39, 0.29) is 11.4 Å². The zero-order valence-corrected chi connectivity index (χ0v) is 20.4. The monoisotopic (exact) mass is 481 g/mol. The minimum absolute atomic E-state index is 0.354. The third-order valence-corrected chi connectivity index (χ3v) is 7.03. The summed E-state index contributed by atoms with van der Waals surface area (Å²) in [7, 11) is 3.16. The average molecular weight is 482 g/mol. The van der Waals surface area contributed by atoms with Crippen LogP contribution in [0, 0.1) is 19.7 Å². The SMILES string of the molecule is Cc1ccc2c(c1)-n1c(-c3ccccc3C)c3c(=O)n(C)c(=O)n(C)c3c1[C@@H](c1ccc(F)cc1)O2. The van der Waals surface area contributed by atoms with Gasteiger partial charge in [-0.15, -0.1) is 0 Å². The number of fused-ring (bicyclic) bond motifs is 5. The third-order valence-electron chi connectivity index (χ3n) is 7.03. The van der Waals surface area contributed by atoms with Gasteiger partial charge in [0.15, 0.2) is 6.10 Å². The normalized spacial score (nSPS) is 14.4. The molecule has 0 unspecified atom stereocenters. The van der Waals surface area contributed by atoms with Crippen molar-refractivity contribution >= 4 is 10.9 Å². The number of ether oxygens (including phenoxy) is 1. The van der Waals surface area contributed by atoms with Gasteiger partial charge in [-0.3, -0.25) is 13.9 Å². The van der Waals surface area contributed by atoms with E-state index >= 15 is 0 Å². The lowest BCUT2D eigenvalue weighted by atomic mass is 10.0. The Bertz CT molecular complexity index is 1810. The van der Waals surface area contributed by atoms with Crippen LogP contribution in [0.5, 0.6) is 5.75 Å². The number of hydrogen-bond acceptors (Lipinski definition) is 3. The molecule has 2 aromatic heterocycles. The van der Waals surface area contributed by atoms with Gasteiger partial charge in [-0.25, -0.2) is 9.18 Å². The smallest absolute Gasteiger partial charge is 0.331 e. The van der Waals surface area contributed by atoms with E-state index in [1.54, 1.807) is 19.2 Å². The first-order valence-electron chi connectivity index (χ1n) is 11.7. The van der Waals surface area contributed by atoms with Crippen molar-refractivity contribution in [3.8, 4) is 22.7 Å². The lowest BCUT2D eigenvalue weighted by Gasteiger charge is -2.30. The predicted molar refractivity (Wildman–Crippen MR) is 138 cm³/mol. The van der Waals surface area contributed by atoms with Crippen LogP contribution in [-0.2, 0) is 14.1 Å². The van der Waals surface area contributed by atoms with E-state index in [1.807, 2.05) is 60.9 Å². The summed E-state index contributed by atoms with van der Waals surface area (Å²) in [6.07, 6.45) is -0.668. The molecule has 0 saturated heterocycles. The van der Waals surface area contributed by atoms with Gasteiger partial charge in [-0.1, -0.05) is 42.5 Å². The number of hydrogen-bond donors (Lipinski definition) is 0. The fourth-order valence-electron chi connectivity index (χ4n) is 5.23. The van der Waals surface area contributed by atoms with Crippen LogP contribution in [0.2, 0.25) is 0 Å². The Morgan fingerprint density at radius 3 is 2.33 bits per heavy atom. The van der Waals surface area contributed by atoms with E-state index in [0.717, 1.165) is 26.9 Å². The van der Waals surface area contributed by atoms with E-state index in [0.29, 0.717) is 33.6 Å². The number of nitrogens with zero attached hydrogens (tertiary/aromatic N) is 3. The van der Waals surface area contributed by atoms with Gasteiger partial charge in [-0.05, 0) is 54.8 Å². The van der Waals surface area contributed by atoms with Gasteiger partial charge < -0.3 is 9.30 Å². The standard InChI is InChI=1S/C29H24FN3O3/c1-16-9-14-22-21(15-16)33-24(20-8-6-5-7-17(20)2)23-25(31(3)29(35)32(4)28(23)34)26(33)27(36-22)18-10-12-19(30)13-11-18/h5-15,27H,1-4H3/t27-/m1/s1. The van der Waals surface area contributed by atoms with E-state index in [1.165, 1.54) is 23.7 Å². The molecule has 0 spiro atoms. The topological polar surface area (TPSA) is 58.2 Å². The molecule has 1 aliphatic rings. The number of aryl methyl sites for hydroxylation is 3. The zero-order chi connectivity index (χ0) is 25.3. The molecule has 0 saturated carbocycles. The molecule has 5 aromatic rings. The molecule has 7 heteroatoms. The lowest BCUT2D eigenvalue weighted by Crippen LogP contribution is -2.37. The van der Waals surface area contributed by atoms with Gasteiger partial charge >= 0.3 is 5.69 Å². The molecular weight excluding hydrogens is 457 g/mol. The van der Waals surface area contributed by atoms with Crippen LogP contribution in [-0.4, -0.2) is 13.7 Å². The highest BCUT2D eigenvalue weighted by Crippen LogP contribution is 2.47. The predicted octanol–water partition coefficient (Wildman–Crippen LogP) is 4.93. The van der Waals surface area contributed by atoms with Crippen molar-refractivity contribution < 1.29 is 9.13 Å². The van der Waals surface area contributed by atoms with Crippen molar-refractivity contribution in [2.24, 2.45) is 14.1 Å². The summed E-state index contributed by atoms with van der Waals surface area (Å²) in [6, 6.07) is 19.9. The van der Waals surface area contributed by atoms with Crippen LogP contribution in [0.15, 0.2) is 76.3 Å². The number of rotatable bonds is 2. The number of halogens is 1. The zero-order valence-electron chi connectivity index (χ0n) is 20.4. The molecule has 0 N–H and O–H groups in total. The lowest BCUT2D eigenvalue weighted by molar-refractivity contribution is 0.229. The molecule has 180 valence electrons. The van der Waals surface area contributed by atoms with Gasteiger partial charge in [0.2, 0.25) is 0 Å². The summed E-state index contributed by atoms with van der Waals surface area (Å²) in [5, 5.41) is 0.439. The summed E-state index contributed by atoms with van der Waals surface area (Å²) >= 11 is 0. The molecule has 0 aliphatic carbocycles. The molecule has 6 nitrogen and oxygen atoms in total. The van der Waals surface area contributed by atoms with Crippen LogP contribution in [0.3, 0.4) is 0 Å². The summed E-state index contributed by atoms with van der Waals surface area (Å²) in [6.45, 7) is 4.00. The highest BCUT2D eigenvalue weighted by atomic mass is 19.1. The minimum Gasteiger partial charge on any atom is -0.477 e. The molecule has 1 atom stereocenters. The molecule has 0 fully saturated rings. The van der Waals surface area contributed by atoms with Crippen LogP contribution in [0.25, 0.3) is 27.8 Å². The molecular formula is C29H24FN3O3. The number of benzene rings is 3. The Hall–Kier alpha value is -4.39. The Morgan fingerprint density at radius 2 is 1.61 bits per heavy atom. The molecule has 3 aromatic carbocycles.